The van der Waals surface area contributed by atoms with Gasteiger partial charge in [0.15, 0.2) is 0 Å². The summed E-state index contributed by atoms with van der Waals surface area (Å²) in [5.41, 5.74) is 0.638. The topological polar surface area (TPSA) is 0 Å². The van der Waals surface area contributed by atoms with Crippen LogP contribution in [0.5, 0.6) is 0 Å². The predicted octanol–water partition coefficient (Wildman–Crippen LogP) is 16.7. The quantitative estimate of drug-likeness (QED) is 0.127. The second kappa shape index (κ2) is 15.8. The minimum absolute atomic E-state index is 0.186. The van der Waals surface area contributed by atoms with E-state index in [-0.39, 0.29) is 31.7 Å². The standard InChI is InChI=1S/C45H38Br2F6S2/c1-43(2,3)29-15-7-27(8-16-29)39-33(23-35(54-39)25-11-19-31(46)20-12-25)37(41(48)49)38(45(52,53)42(50)51)34-24-36(26-13-21-32(47)22-14-26)55-40(34)28-9-17-30(18-10-28)44(4,5)6/h7-24,41-42H,1-6H3. The van der Waals surface area contributed by atoms with Crippen molar-refractivity contribution in [3.8, 4) is 41.8 Å². The van der Waals surface area contributed by atoms with Gasteiger partial charge in [0, 0.05) is 50.7 Å². The lowest BCUT2D eigenvalue weighted by Gasteiger charge is -2.25. The maximum Gasteiger partial charge on any atom is 0.333 e. The van der Waals surface area contributed by atoms with Crippen molar-refractivity contribution in [3.63, 3.8) is 0 Å². The average Bonchev–Trinajstić information content (AvgIpc) is 3.76. The molecule has 2 heterocycles. The maximum absolute atomic E-state index is 16.5. The molecule has 0 radical (unpaired) electrons. The van der Waals surface area contributed by atoms with Gasteiger partial charge < -0.3 is 0 Å². The van der Waals surface area contributed by atoms with Crippen molar-refractivity contribution in [2.75, 3.05) is 0 Å². The monoisotopic (exact) mass is 914 g/mol. The molecule has 0 aliphatic heterocycles. The van der Waals surface area contributed by atoms with E-state index in [1.54, 1.807) is 72.8 Å². The van der Waals surface area contributed by atoms with E-state index in [1.807, 2.05) is 65.8 Å². The van der Waals surface area contributed by atoms with Gasteiger partial charge in [0.25, 0.3) is 6.43 Å². The highest BCUT2D eigenvalue weighted by Crippen LogP contribution is 2.53. The first-order valence-electron chi connectivity index (χ1n) is 17.5. The van der Waals surface area contributed by atoms with Gasteiger partial charge in [-0.25, -0.2) is 17.6 Å². The largest absolute Gasteiger partial charge is 0.333 e. The molecular weight excluding hydrogens is 878 g/mol. The van der Waals surface area contributed by atoms with E-state index in [1.165, 1.54) is 12.1 Å². The lowest BCUT2D eigenvalue weighted by Crippen LogP contribution is -2.30. The van der Waals surface area contributed by atoms with E-state index >= 15 is 17.6 Å². The Morgan fingerprint density at radius 1 is 0.509 bits per heavy atom. The van der Waals surface area contributed by atoms with Crippen LogP contribution in [0.4, 0.5) is 26.3 Å². The van der Waals surface area contributed by atoms with Crippen LogP contribution in [-0.4, -0.2) is 18.8 Å². The Hall–Kier alpha value is -3.44. The number of benzene rings is 4. The van der Waals surface area contributed by atoms with Crippen molar-refractivity contribution in [2.24, 2.45) is 0 Å². The van der Waals surface area contributed by atoms with Crippen LogP contribution in [-0.2, 0) is 10.8 Å². The fourth-order valence-electron chi connectivity index (χ4n) is 6.33. The maximum atomic E-state index is 16.5. The third kappa shape index (κ3) is 8.78. The Morgan fingerprint density at radius 2 is 0.855 bits per heavy atom. The van der Waals surface area contributed by atoms with E-state index in [0.717, 1.165) is 42.7 Å². The van der Waals surface area contributed by atoms with Gasteiger partial charge in [0.05, 0.1) is 0 Å². The van der Waals surface area contributed by atoms with Gasteiger partial charge in [-0.3, -0.25) is 0 Å². The molecule has 0 saturated carbocycles. The number of hydrogen-bond acceptors (Lipinski definition) is 2. The zero-order valence-corrected chi connectivity index (χ0v) is 35.7. The van der Waals surface area contributed by atoms with Crippen molar-refractivity contribution in [1.82, 2.24) is 0 Å². The average molecular weight is 917 g/mol. The molecule has 286 valence electrons. The van der Waals surface area contributed by atoms with Crippen molar-refractivity contribution in [3.05, 3.63) is 140 Å². The second-order valence-electron chi connectivity index (χ2n) is 15.4. The summed E-state index contributed by atoms with van der Waals surface area (Å²) in [6.07, 6.45) is -7.82. The molecule has 4 aromatic carbocycles. The van der Waals surface area contributed by atoms with Crippen LogP contribution in [0.3, 0.4) is 0 Å². The van der Waals surface area contributed by atoms with Crippen molar-refractivity contribution in [1.29, 1.82) is 0 Å². The van der Waals surface area contributed by atoms with Gasteiger partial charge in [-0.2, -0.15) is 8.78 Å². The van der Waals surface area contributed by atoms with Crippen LogP contribution in [0.2, 0.25) is 0 Å². The highest BCUT2D eigenvalue weighted by molar-refractivity contribution is 9.10. The summed E-state index contributed by atoms with van der Waals surface area (Å²) in [7, 11) is 0. The molecule has 0 spiro atoms. The molecule has 0 amide bonds. The molecular formula is C45H38Br2F6S2. The SMILES string of the molecule is CC(C)(C)c1ccc(-c2sc(-c3ccc(Br)cc3)cc2C(=C(c2cc(-c3ccc(Br)cc3)sc2-c2ccc(C(C)(C)C)cc2)C(F)(F)C(F)F)C(F)F)cc1. The molecule has 0 bridgehead atoms. The van der Waals surface area contributed by atoms with Crippen LogP contribution in [0, 0.1) is 0 Å². The Balaban J connectivity index is 1.71. The highest BCUT2D eigenvalue weighted by atomic mass is 79.9. The molecule has 0 aliphatic rings. The zero-order chi connectivity index (χ0) is 40.0. The molecule has 10 heteroatoms. The first-order chi connectivity index (χ1) is 25.8. The Morgan fingerprint density at radius 3 is 1.20 bits per heavy atom. The van der Waals surface area contributed by atoms with Crippen LogP contribution >= 0.6 is 54.5 Å². The smallest absolute Gasteiger partial charge is 0.205 e. The molecule has 0 atom stereocenters. The third-order valence-corrected chi connectivity index (χ3v) is 12.9. The molecule has 6 aromatic rings. The number of halogens is 8. The Labute approximate surface area is 343 Å². The van der Waals surface area contributed by atoms with E-state index < -0.39 is 29.9 Å². The summed E-state index contributed by atoms with van der Waals surface area (Å²) in [5.74, 6) is -4.96. The van der Waals surface area contributed by atoms with E-state index in [0.29, 0.717) is 32.0 Å². The number of rotatable bonds is 9. The summed E-state index contributed by atoms with van der Waals surface area (Å²) in [6.45, 7) is 12.2. The van der Waals surface area contributed by atoms with Crippen molar-refractivity contribution in [2.45, 2.75) is 71.1 Å². The molecule has 0 nitrogen and oxygen atoms in total. The summed E-state index contributed by atoms with van der Waals surface area (Å²) in [6, 6.07) is 31.5. The molecule has 55 heavy (non-hydrogen) atoms. The summed E-state index contributed by atoms with van der Waals surface area (Å²) >= 11 is 9.09. The number of hydrogen-bond donors (Lipinski definition) is 0. The second-order valence-corrected chi connectivity index (χ2v) is 19.3. The summed E-state index contributed by atoms with van der Waals surface area (Å²) in [5, 5.41) is 0. The molecule has 0 aliphatic carbocycles. The molecule has 6 rings (SSSR count). The van der Waals surface area contributed by atoms with Gasteiger partial charge in [-0.1, -0.05) is 146 Å². The normalized spacial score (nSPS) is 13.2. The van der Waals surface area contributed by atoms with E-state index in [4.69, 9.17) is 0 Å². The first-order valence-corrected chi connectivity index (χ1v) is 20.7. The van der Waals surface area contributed by atoms with Gasteiger partial charge >= 0.3 is 12.3 Å². The number of allylic oxidation sites excluding steroid dienone is 2. The zero-order valence-electron chi connectivity index (χ0n) is 30.9. The Kier molecular flexibility index (Phi) is 11.9. The van der Waals surface area contributed by atoms with Gasteiger partial charge in [0.2, 0.25) is 0 Å². The van der Waals surface area contributed by atoms with Gasteiger partial charge in [-0.15, -0.1) is 22.7 Å². The first kappa shape index (κ1) is 41.2. The minimum Gasteiger partial charge on any atom is -0.205 e. The lowest BCUT2D eigenvalue weighted by molar-refractivity contribution is -0.0825. The van der Waals surface area contributed by atoms with E-state index in [2.05, 4.69) is 31.9 Å². The number of thiophene rings is 2. The summed E-state index contributed by atoms with van der Waals surface area (Å²) in [4.78, 5) is 1.45. The predicted molar refractivity (Wildman–Crippen MR) is 227 cm³/mol. The van der Waals surface area contributed by atoms with Gasteiger partial charge in [-0.05, 0) is 80.6 Å². The van der Waals surface area contributed by atoms with E-state index in [9.17, 15) is 8.78 Å². The minimum atomic E-state index is -4.96. The fraction of sp³-hybridized carbons (Fsp3) is 0.244. The molecule has 0 unspecified atom stereocenters. The van der Waals surface area contributed by atoms with Crippen LogP contribution in [0.15, 0.2) is 118 Å². The van der Waals surface area contributed by atoms with Crippen LogP contribution < -0.4 is 0 Å². The third-order valence-electron chi connectivity index (χ3n) is 9.40. The lowest BCUT2D eigenvalue weighted by atomic mass is 9.85. The number of alkyl halides is 6. The highest BCUT2D eigenvalue weighted by Gasteiger charge is 2.50. The van der Waals surface area contributed by atoms with Crippen LogP contribution in [0.1, 0.15) is 63.8 Å². The summed E-state index contributed by atoms with van der Waals surface area (Å²) < 4.78 is 96.2. The fourth-order valence-corrected chi connectivity index (χ4v) is 9.21. The molecule has 0 N–H and O–H groups in total. The Bertz CT molecular complexity index is 2300. The van der Waals surface area contributed by atoms with Crippen molar-refractivity contribution < 1.29 is 26.3 Å². The van der Waals surface area contributed by atoms with Crippen molar-refractivity contribution >= 4 is 65.7 Å². The van der Waals surface area contributed by atoms with Gasteiger partial charge in [0.1, 0.15) is 0 Å². The molecule has 2 aromatic heterocycles. The van der Waals surface area contributed by atoms with Crippen LogP contribution in [0.25, 0.3) is 52.9 Å². The molecule has 0 fully saturated rings. The molecule has 0 saturated heterocycles.